The van der Waals surface area contributed by atoms with Crippen molar-refractivity contribution in [2.75, 3.05) is 20.2 Å². The van der Waals surface area contributed by atoms with Crippen molar-refractivity contribution >= 4 is 5.91 Å². The molecule has 3 heterocycles. The van der Waals surface area contributed by atoms with E-state index >= 15 is 0 Å². The normalized spacial score (nSPS) is 21.3. The highest BCUT2D eigenvalue weighted by Crippen LogP contribution is 2.38. The summed E-state index contributed by atoms with van der Waals surface area (Å²) < 4.78 is 20.6. The largest absolute Gasteiger partial charge is 0.496 e. The molecule has 0 unspecified atom stereocenters. The number of piperidine rings is 1. The van der Waals surface area contributed by atoms with Gasteiger partial charge in [-0.25, -0.2) is 4.39 Å². The first kappa shape index (κ1) is 16.8. The van der Waals surface area contributed by atoms with Crippen molar-refractivity contribution in [3.05, 3.63) is 52.2 Å². The number of hydrogen-bond donors (Lipinski definition) is 0. The van der Waals surface area contributed by atoms with Crippen LogP contribution in [0.3, 0.4) is 0 Å². The molecule has 136 valence electrons. The van der Waals surface area contributed by atoms with Gasteiger partial charge in [-0.15, -0.1) is 0 Å². The van der Waals surface area contributed by atoms with Crippen molar-refractivity contribution in [2.45, 2.75) is 25.8 Å². The minimum atomic E-state index is -0.382. The zero-order chi connectivity index (χ0) is 18.4. The fourth-order valence-corrected chi connectivity index (χ4v) is 4.28. The average molecular weight is 356 g/mol. The van der Waals surface area contributed by atoms with E-state index in [4.69, 9.17) is 4.74 Å². The molecule has 2 aromatic rings. The third kappa shape index (κ3) is 2.79. The van der Waals surface area contributed by atoms with Gasteiger partial charge in [0.15, 0.2) is 0 Å². The van der Waals surface area contributed by atoms with Crippen LogP contribution in [0.5, 0.6) is 5.75 Å². The van der Waals surface area contributed by atoms with Crippen LogP contribution in [0.15, 0.2) is 35.1 Å². The van der Waals surface area contributed by atoms with Crippen molar-refractivity contribution in [3.63, 3.8) is 0 Å². The Morgan fingerprint density at radius 1 is 1.19 bits per heavy atom. The van der Waals surface area contributed by atoms with E-state index in [1.165, 1.54) is 19.2 Å². The number of likely N-dealkylation sites (tertiary alicyclic amines) is 1. The summed E-state index contributed by atoms with van der Waals surface area (Å²) in [7, 11) is 1.49. The highest BCUT2D eigenvalue weighted by Gasteiger charge is 2.35. The maximum Gasteiger partial charge on any atom is 0.251 e. The molecule has 0 saturated carbocycles. The van der Waals surface area contributed by atoms with Gasteiger partial charge in [-0.2, -0.15) is 0 Å². The zero-order valence-corrected chi connectivity index (χ0v) is 14.9. The number of fused-ring (bicyclic) bond motifs is 4. The van der Waals surface area contributed by atoms with Crippen LogP contribution in [0.2, 0.25) is 0 Å². The molecule has 1 aromatic heterocycles. The number of carbonyl (C=O) groups is 1. The number of halogens is 1. The summed E-state index contributed by atoms with van der Waals surface area (Å²) in [5.41, 5.74) is 2.29. The van der Waals surface area contributed by atoms with Crippen LogP contribution in [-0.4, -0.2) is 35.6 Å². The number of ether oxygens (including phenoxy) is 1. The summed E-state index contributed by atoms with van der Waals surface area (Å²) in [4.78, 5) is 26.4. The van der Waals surface area contributed by atoms with Crippen molar-refractivity contribution < 1.29 is 13.9 Å². The number of amides is 1. The maximum absolute atomic E-state index is 13.5. The van der Waals surface area contributed by atoms with Crippen molar-refractivity contribution in [1.82, 2.24) is 9.47 Å². The van der Waals surface area contributed by atoms with E-state index in [9.17, 15) is 14.0 Å². The molecule has 0 radical (unpaired) electrons. The Morgan fingerprint density at radius 3 is 2.73 bits per heavy atom. The minimum absolute atomic E-state index is 0.0603. The summed E-state index contributed by atoms with van der Waals surface area (Å²) in [6.07, 6.45) is 0.979. The smallest absolute Gasteiger partial charge is 0.251 e. The summed E-state index contributed by atoms with van der Waals surface area (Å²) in [6, 6.07) is 7.89. The Morgan fingerprint density at radius 2 is 2.00 bits per heavy atom. The lowest BCUT2D eigenvalue weighted by Crippen LogP contribution is -2.48. The molecule has 26 heavy (non-hydrogen) atoms. The zero-order valence-electron chi connectivity index (χ0n) is 14.9. The van der Waals surface area contributed by atoms with Gasteiger partial charge < -0.3 is 14.2 Å². The fourth-order valence-electron chi connectivity index (χ4n) is 4.28. The number of nitrogens with zero attached hydrogens (tertiary/aromatic N) is 2. The molecule has 0 N–H and O–H groups in total. The van der Waals surface area contributed by atoms with Crippen molar-refractivity contribution in [3.8, 4) is 16.9 Å². The van der Waals surface area contributed by atoms with Crippen molar-refractivity contribution in [1.29, 1.82) is 0 Å². The highest BCUT2D eigenvalue weighted by molar-refractivity contribution is 5.74. The van der Waals surface area contributed by atoms with E-state index in [0.29, 0.717) is 36.9 Å². The molecule has 5 nitrogen and oxygen atoms in total. The topological polar surface area (TPSA) is 51.5 Å². The van der Waals surface area contributed by atoms with Crippen LogP contribution < -0.4 is 10.3 Å². The molecule has 2 aliphatic heterocycles. The number of benzene rings is 1. The highest BCUT2D eigenvalue weighted by atomic mass is 19.1. The van der Waals surface area contributed by atoms with Gasteiger partial charge in [0, 0.05) is 55.9 Å². The van der Waals surface area contributed by atoms with Crippen LogP contribution in [0.4, 0.5) is 4.39 Å². The van der Waals surface area contributed by atoms with Gasteiger partial charge >= 0.3 is 0 Å². The van der Waals surface area contributed by atoms with Crippen LogP contribution in [-0.2, 0) is 11.3 Å². The van der Waals surface area contributed by atoms with E-state index in [0.717, 1.165) is 17.7 Å². The molecule has 2 atom stereocenters. The number of carbonyl (C=O) groups excluding carboxylic acids is 1. The molecule has 1 amide bonds. The summed E-state index contributed by atoms with van der Waals surface area (Å²) in [5.74, 6) is 0.552. The predicted molar refractivity (Wildman–Crippen MR) is 95.8 cm³/mol. The summed E-state index contributed by atoms with van der Waals surface area (Å²) >= 11 is 0. The number of pyridine rings is 1. The van der Waals surface area contributed by atoms with Gasteiger partial charge in [0.1, 0.15) is 11.6 Å². The lowest BCUT2D eigenvalue weighted by molar-refractivity contribution is -0.131. The molecule has 6 heteroatoms. The van der Waals surface area contributed by atoms with Gasteiger partial charge in [0.2, 0.25) is 5.91 Å². The van der Waals surface area contributed by atoms with E-state index in [1.54, 1.807) is 19.1 Å². The average Bonchev–Trinajstić information content (AvgIpc) is 2.62. The van der Waals surface area contributed by atoms with Crippen molar-refractivity contribution in [2.24, 2.45) is 5.92 Å². The molecule has 1 aromatic carbocycles. The SMILES string of the molecule is COc1cc(F)ccc1-c1cc2n(c(=O)c1)C[C@H]1C[C@@H]2CN(C(C)=O)C1. The van der Waals surface area contributed by atoms with Crippen LogP contribution in [0.25, 0.3) is 11.1 Å². The molecule has 1 fully saturated rings. The van der Waals surface area contributed by atoms with E-state index in [2.05, 4.69) is 0 Å². The van der Waals surface area contributed by atoms with E-state index < -0.39 is 0 Å². The molecule has 0 aliphatic carbocycles. The van der Waals surface area contributed by atoms with Gasteiger partial charge in [-0.3, -0.25) is 9.59 Å². The van der Waals surface area contributed by atoms with E-state index in [1.807, 2.05) is 15.5 Å². The van der Waals surface area contributed by atoms with E-state index in [-0.39, 0.29) is 23.2 Å². The number of methoxy groups -OCH3 is 1. The monoisotopic (exact) mass is 356 g/mol. The number of hydrogen-bond acceptors (Lipinski definition) is 3. The third-order valence-corrected chi connectivity index (χ3v) is 5.48. The minimum Gasteiger partial charge on any atom is -0.496 e. The lowest BCUT2D eigenvalue weighted by atomic mass is 9.82. The Balaban J connectivity index is 1.81. The fraction of sp³-hybridized carbons (Fsp3) is 0.400. The van der Waals surface area contributed by atoms with Gasteiger partial charge in [-0.1, -0.05) is 0 Å². The lowest BCUT2D eigenvalue weighted by Gasteiger charge is -2.42. The quantitative estimate of drug-likeness (QED) is 0.831. The number of rotatable bonds is 2. The second-order valence-corrected chi connectivity index (χ2v) is 7.18. The second kappa shape index (κ2) is 6.27. The third-order valence-electron chi connectivity index (χ3n) is 5.48. The Labute approximate surface area is 151 Å². The molecule has 4 rings (SSSR count). The molecular weight excluding hydrogens is 335 g/mol. The molecular formula is C20H21FN2O3. The molecule has 0 spiro atoms. The van der Waals surface area contributed by atoms with Crippen LogP contribution in [0, 0.1) is 11.7 Å². The predicted octanol–water partition coefficient (Wildman–Crippen LogP) is 2.63. The number of aromatic nitrogens is 1. The first-order valence-corrected chi connectivity index (χ1v) is 8.80. The summed E-state index contributed by atoms with van der Waals surface area (Å²) in [6.45, 7) is 3.57. The first-order chi connectivity index (χ1) is 12.5. The van der Waals surface area contributed by atoms with Gasteiger partial charge in [0.05, 0.1) is 7.11 Å². The second-order valence-electron chi connectivity index (χ2n) is 7.18. The molecule has 2 aliphatic rings. The van der Waals surface area contributed by atoms with Gasteiger partial charge in [-0.05, 0) is 36.1 Å². The first-order valence-electron chi connectivity index (χ1n) is 8.80. The Kier molecular flexibility index (Phi) is 4.05. The standard InChI is InChI=1S/C20H21FN2O3/c1-12(24)22-9-13-5-15(11-22)18-6-14(7-20(25)23(18)10-13)17-4-3-16(21)8-19(17)26-2/h3-4,6-8,13,15H,5,9-11H2,1-2H3/t13-,15+/m0/s1. The summed E-state index contributed by atoms with van der Waals surface area (Å²) in [5, 5.41) is 0. The Hall–Kier alpha value is -2.63. The maximum atomic E-state index is 13.5. The Bertz CT molecular complexity index is 937. The molecule has 1 saturated heterocycles. The van der Waals surface area contributed by atoms with Gasteiger partial charge in [0.25, 0.3) is 5.56 Å². The molecule has 2 bridgehead atoms. The van der Waals surface area contributed by atoms with Crippen LogP contribution >= 0.6 is 0 Å². The van der Waals surface area contributed by atoms with Crippen LogP contribution in [0.1, 0.15) is 25.0 Å².